The van der Waals surface area contributed by atoms with Crippen LogP contribution < -0.4 is 18.9 Å². The van der Waals surface area contributed by atoms with Crippen LogP contribution in [0.4, 0.5) is 0 Å². The van der Waals surface area contributed by atoms with Crippen LogP contribution in [0, 0.1) is 4.58 Å². The Labute approximate surface area is 116 Å². The van der Waals surface area contributed by atoms with Gasteiger partial charge in [-0.05, 0) is 17.9 Å². The van der Waals surface area contributed by atoms with Gasteiger partial charge >= 0.3 is 18.9 Å². The molecule has 3 heteroatoms. The predicted molar refractivity (Wildman–Crippen MR) is 70.8 cm³/mol. The van der Waals surface area contributed by atoms with Gasteiger partial charge in [-0.2, -0.15) is 6.42 Å². The molecule has 0 aromatic heterocycles. The summed E-state index contributed by atoms with van der Waals surface area (Å²) >= 11 is 4.22. The average molecular weight is 238 g/mol. The molecule has 0 spiro atoms. The first-order valence-electron chi connectivity index (χ1n) is 6.05. The minimum absolute atomic E-state index is 0. The van der Waals surface area contributed by atoms with E-state index >= 15 is 0 Å². The van der Waals surface area contributed by atoms with E-state index < -0.39 is 0 Å². The quantitative estimate of drug-likeness (QED) is 0.378. The summed E-state index contributed by atoms with van der Waals surface area (Å²) in [5.74, 6) is 2.75. The maximum absolute atomic E-state index is 2.28. The minimum atomic E-state index is 0. The van der Waals surface area contributed by atoms with Crippen molar-refractivity contribution < 1.29 is 18.9 Å². The van der Waals surface area contributed by atoms with E-state index in [2.05, 4.69) is 30.4 Å². The normalized spacial score (nSPS) is 17.4. The minimum Gasteiger partial charge on any atom is -0.337 e. The van der Waals surface area contributed by atoms with Crippen molar-refractivity contribution in [1.29, 1.82) is 0 Å². The van der Waals surface area contributed by atoms with Gasteiger partial charge in [0.1, 0.15) is 0 Å². The van der Waals surface area contributed by atoms with Gasteiger partial charge in [0.25, 0.3) is 0 Å². The van der Waals surface area contributed by atoms with Crippen LogP contribution in [0.15, 0.2) is 0 Å². The molecule has 1 saturated heterocycles. The van der Waals surface area contributed by atoms with Crippen molar-refractivity contribution >= 4 is 23.5 Å². The van der Waals surface area contributed by atoms with Crippen molar-refractivity contribution in [3.05, 3.63) is 4.58 Å². The zero-order chi connectivity index (χ0) is 10.1. The van der Waals surface area contributed by atoms with Crippen molar-refractivity contribution in [1.82, 2.24) is 0 Å². The number of thioether (sulfide) groups is 2. The summed E-state index contributed by atoms with van der Waals surface area (Å²) in [6.45, 7) is 2.28. The van der Waals surface area contributed by atoms with Crippen LogP contribution in [0.25, 0.3) is 0 Å². The largest absolute Gasteiger partial charge is 1.00 e. The van der Waals surface area contributed by atoms with Crippen LogP contribution in [-0.2, 0) is 0 Å². The van der Waals surface area contributed by atoms with Crippen LogP contribution in [-0.4, -0.2) is 11.5 Å². The van der Waals surface area contributed by atoms with E-state index in [0.29, 0.717) is 0 Å². The van der Waals surface area contributed by atoms with Crippen LogP contribution in [0.2, 0.25) is 0 Å². The molecule has 0 aromatic rings. The first-order valence-corrected chi connectivity index (χ1v) is 8.02. The molecule has 1 aliphatic heterocycles. The molecular weight excluding hydrogens is 215 g/mol. The fourth-order valence-corrected chi connectivity index (χ4v) is 4.29. The molecule has 1 fully saturated rings. The summed E-state index contributed by atoms with van der Waals surface area (Å²) in [5.41, 5.74) is 0. The summed E-state index contributed by atoms with van der Waals surface area (Å²) in [6, 6.07) is 0. The molecule has 0 aromatic carbocycles. The van der Waals surface area contributed by atoms with Gasteiger partial charge in [-0.3, -0.25) is 0 Å². The smallest absolute Gasteiger partial charge is 0.337 e. The van der Waals surface area contributed by atoms with Gasteiger partial charge in [-0.25, -0.2) is 4.58 Å². The third-order valence-corrected chi connectivity index (χ3v) is 5.29. The molecule has 0 atom stereocenters. The molecule has 0 nitrogen and oxygen atoms in total. The van der Waals surface area contributed by atoms with E-state index in [0.717, 1.165) is 0 Å². The Kier molecular flexibility index (Phi) is 12.8. The van der Waals surface area contributed by atoms with E-state index in [9.17, 15) is 0 Å². The molecular formula is C12H23LiS2. The second-order valence-corrected chi connectivity index (χ2v) is 6.58. The van der Waals surface area contributed by atoms with Crippen molar-refractivity contribution in [2.24, 2.45) is 0 Å². The van der Waals surface area contributed by atoms with Crippen LogP contribution >= 0.6 is 23.5 Å². The topological polar surface area (TPSA) is 0 Å². The Morgan fingerprint density at radius 1 is 0.933 bits per heavy atom. The predicted octanol–water partition coefficient (Wildman–Crippen LogP) is 2.10. The van der Waals surface area contributed by atoms with Gasteiger partial charge in [-0.1, -0.05) is 45.4 Å². The van der Waals surface area contributed by atoms with Crippen LogP contribution in [0.5, 0.6) is 0 Å². The van der Waals surface area contributed by atoms with Gasteiger partial charge in [-0.15, -0.1) is 0 Å². The molecule has 0 N–H and O–H groups in total. The summed E-state index contributed by atoms with van der Waals surface area (Å²) in [4.78, 5) is 0. The summed E-state index contributed by atoms with van der Waals surface area (Å²) in [5, 5.41) is 0. The van der Waals surface area contributed by atoms with E-state index in [1.807, 2.05) is 0 Å². The molecule has 1 aliphatic rings. The molecule has 0 amide bonds. The fraction of sp³-hybridized carbons (Fsp3) is 0.917. The standard InChI is InChI=1S/C12H23S2.Li/c1-2-3-4-5-6-7-9-12-13-10-8-11-14-12;/h2-11H2,1H3;/q-1;+1. The van der Waals surface area contributed by atoms with Crippen molar-refractivity contribution in [2.75, 3.05) is 11.5 Å². The zero-order valence-electron chi connectivity index (χ0n) is 10.4. The maximum atomic E-state index is 2.28. The van der Waals surface area contributed by atoms with Crippen molar-refractivity contribution in [2.45, 2.75) is 58.3 Å². The average Bonchev–Trinajstić information content (AvgIpc) is 2.25. The number of hydrogen-bond acceptors (Lipinski definition) is 2. The monoisotopic (exact) mass is 238 g/mol. The molecule has 84 valence electrons. The summed E-state index contributed by atoms with van der Waals surface area (Å²) in [7, 11) is 0. The second-order valence-electron chi connectivity index (χ2n) is 3.94. The van der Waals surface area contributed by atoms with E-state index in [4.69, 9.17) is 0 Å². The molecule has 15 heavy (non-hydrogen) atoms. The molecule has 0 bridgehead atoms. The van der Waals surface area contributed by atoms with Gasteiger partial charge < -0.3 is 23.5 Å². The first kappa shape index (κ1) is 16.3. The summed E-state index contributed by atoms with van der Waals surface area (Å²) in [6.07, 6.45) is 11.4. The number of hydrogen-bond donors (Lipinski definition) is 0. The van der Waals surface area contributed by atoms with Crippen molar-refractivity contribution in [3.8, 4) is 0 Å². The van der Waals surface area contributed by atoms with Gasteiger partial charge in [0.2, 0.25) is 0 Å². The van der Waals surface area contributed by atoms with Crippen LogP contribution in [0.3, 0.4) is 0 Å². The first-order chi connectivity index (χ1) is 6.93. The maximum Gasteiger partial charge on any atom is 1.00 e. The van der Waals surface area contributed by atoms with E-state index in [-0.39, 0.29) is 18.9 Å². The number of rotatable bonds is 7. The molecule has 0 unspecified atom stereocenters. The fourth-order valence-electron chi connectivity index (χ4n) is 1.67. The Morgan fingerprint density at radius 2 is 1.53 bits per heavy atom. The molecule has 0 aliphatic carbocycles. The zero-order valence-corrected chi connectivity index (χ0v) is 12.0. The Balaban J connectivity index is 0.00000196. The Bertz CT molecular complexity index is 125. The Hall–Kier alpha value is 1.30. The van der Waals surface area contributed by atoms with E-state index in [1.54, 1.807) is 4.58 Å². The summed E-state index contributed by atoms with van der Waals surface area (Å²) < 4.78 is 1.71. The third kappa shape index (κ3) is 9.04. The van der Waals surface area contributed by atoms with Gasteiger partial charge in [0.05, 0.1) is 0 Å². The molecule has 0 saturated carbocycles. The Morgan fingerprint density at radius 3 is 2.20 bits per heavy atom. The van der Waals surface area contributed by atoms with Gasteiger partial charge in [0.15, 0.2) is 0 Å². The molecule has 0 radical (unpaired) electrons. The SMILES string of the molecule is CCCCCCCC[C-]1SCCCS1.[Li+]. The third-order valence-electron chi connectivity index (χ3n) is 2.55. The van der Waals surface area contributed by atoms with Crippen molar-refractivity contribution in [3.63, 3.8) is 0 Å². The number of unbranched alkanes of at least 4 members (excludes halogenated alkanes) is 5. The second kappa shape index (κ2) is 11.8. The molecule has 1 heterocycles. The van der Waals surface area contributed by atoms with Gasteiger partial charge in [0, 0.05) is 0 Å². The van der Waals surface area contributed by atoms with E-state index in [1.165, 1.54) is 62.9 Å². The van der Waals surface area contributed by atoms with Crippen LogP contribution in [0.1, 0.15) is 58.3 Å². The molecule has 1 rings (SSSR count).